The van der Waals surface area contributed by atoms with E-state index in [2.05, 4.69) is 0 Å². The molecular weight excluding hydrogens is 260 g/mol. The van der Waals surface area contributed by atoms with Crippen LogP contribution in [-0.2, 0) is 9.53 Å². The van der Waals surface area contributed by atoms with Gasteiger partial charge in [-0.2, -0.15) is 0 Å². The van der Waals surface area contributed by atoms with Gasteiger partial charge in [-0.05, 0) is 52.4 Å². The molecule has 3 N–H and O–H groups in total. The summed E-state index contributed by atoms with van der Waals surface area (Å²) in [5.41, 5.74) is 5.01. The molecule has 0 bridgehead atoms. The fourth-order valence-corrected chi connectivity index (χ4v) is 2.96. The normalized spacial score (nSPS) is 26.2. The van der Waals surface area contributed by atoms with Crippen LogP contribution in [0, 0.1) is 5.92 Å². The number of piperidine rings is 1. The summed E-state index contributed by atoms with van der Waals surface area (Å²) >= 11 is 0. The molecule has 2 atom stereocenters. The Bertz CT molecular complexity index is 412. The van der Waals surface area contributed by atoms with Crippen molar-refractivity contribution >= 4 is 12.1 Å². The van der Waals surface area contributed by atoms with E-state index in [0.717, 1.165) is 12.8 Å². The van der Waals surface area contributed by atoms with Crippen LogP contribution >= 0.6 is 0 Å². The second-order valence-electron chi connectivity index (χ2n) is 6.97. The Morgan fingerprint density at radius 1 is 1.40 bits per heavy atom. The van der Waals surface area contributed by atoms with Crippen LogP contribution in [-0.4, -0.2) is 45.8 Å². The summed E-state index contributed by atoms with van der Waals surface area (Å²) in [5.74, 6) is -1.02. The zero-order chi connectivity index (χ0) is 15.1. The fourth-order valence-electron chi connectivity index (χ4n) is 2.96. The van der Waals surface area contributed by atoms with Crippen LogP contribution in [0.4, 0.5) is 4.79 Å². The van der Waals surface area contributed by atoms with Crippen molar-refractivity contribution in [3.05, 3.63) is 0 Å². The molecule has 1 amide bonds. The SMILES string of the molecule is CC(C)(C)OC(=O)N1CCC([C@@H](N)C(=O)O)CC12CC2. The van der Waals surface area contributed by atoms with E-state index in [1.165, 1.54) is 0 Å². The Labute approximate surface area is 119 Å². The van der Waals surface area contributed by atoms with Crippen molar-refractivity contribution in [3.63, 3.8) is 0 Å². The molecular formula is C14H24N2O4. The average Bonchev–Trinajstić information content (AvgIpc) is 3.05. The summed E-state index contributed by atoms with van der Waals surface area (Å²) in [6.45, 7) is 6.06. The molecule has 0 aromatic carbocycles. The molecule has 0 radical (unpaired) electrons. The highest BCUT2D eigenvalue weighted by Gasteiger charge is 2.55. The zero-order valence-corrected chi connectivity index (χ0v) is 12.4. The first-order valence-corrected chi connectivity index (χ1v) is 7.14. The van der Waals surface area contributed by atoms with Gasteiger partial charge in [0, 0.05) is 12.1 Å². The van der Waals surface area contributed by atoms with Crippen molar-refractivity contribution < 1.29 is 19.4 Å². The van der Waals surface area contributed by atoms with Crippen LogP contribution in [0.3, 0.4) is 0 Å². The van der Waals surface area contributed by atoms with Gasteiger partial charge in [-0.25, -0.2) is 4.79 Å². The lowest BCUT2D eigenvalue weighted by atomic mass is 9.84. The van der Waals surface area contributed by atoms with Gasteiger partial charge in [-0.15, -0.1) is 0 Å². The maximum absolute atomic E-state index is 12.2. The lowest BCUT2D eigenvalue weighted by Crippen LogP contribution is -2.53. The molecule has 114 valence electrons. The van der Waals surface area contributed by atoms with E-state index in [1.807, 2.05) is 20.8 Å². The van der Waals surface area contributed by atoms with Crippen molar-refractivity contribution in [2.45, 2.75) is 63.6 Å². The summed E-state index contributed by atoms with van der Waals surface area (Å²) in [4.78, 5) is 25.0. The molecule has 2 rings (SSSR count). The molecule has 1 saturated heterocycles. The van der Waals surface area contributed by atoms with Crippen molar-refractivity contribution in [2.24, 2.45) is 11.7 Å². The highest BCUT2D eigenvalue weighted by Crippen LogP contribution is 2.50. The van der Waals surface area contributed by atoms with E-state index >= 15 is 0 Å². The highest BCUT2D eigenvalue weighted by atomic mass is 16.6. The van der Waals surface area contributed by atoms with Crippen molar-refractivity contribution in [2.75, 3.05) is 6.54 Å². The molecule has 1 heterocycles. The Kier molecular flexibility index (Phi) is 3.71. The maximum Gasteiger partial charge on any atom is 0.410 e. The number of carboxylic acid groups (broad SMARTS) is 1. The van der Waals surface area contributed by atoms with Gasteiger partial charge >= 0.3 is 12.1 Å². The number of rotatable bonds is 2. The Morgan fingerprint density at radius 2 is 2.00 bits per heavy atom. The first-order valence-electron chi connectivity index (χ1n) is 7.14. The molecule has 6 heteroatoms. The predicted octanol–water partition coefficient (Wildman–Crippen LogP) is 1.58. The molecule has 1 spiro atoms. The van der Waals surface area contributed by atoms with Crippen LogP contribution in [0.2, 0.25) is 0 Å². The van der Waals surface area contributed by atoms with Gasteiger partial charge in [-0.1, -0.05) is 0 Å². The number of carbonyl (C=O) groups excluding carboxylic acids is 1. The summed E-state index contributed by atoms with van der Waals surface area (Å²) in [5, 5.41) is 9.02. The smallest absolute Gasteiger partial charge is 0.410 e. The van der Waals surface area contributed by atoms with Gasteiger partial charge in [0.25, 0.3) is 0 Å². The third-order valence-electron chi connectivity index (χ3n) is 4.17. The zero-order valence-electron chi connectivity index (χ0n) is 12.4. The summed E-state index contributed by atoms with van der Waals surface area (Å²) < 4.78 is 5.44. The van der Waals surface area contributed by atoms with Crippen molar-refractivity contribution in [3.8, 4) is 0 Å². The molecule has 0 aromatic rings. The average molecular weight is 284 g/mol. The molecule has 1 saturated carbocycles. The molecule has 1 aliphatic heterocycles. The fraction of sp³-hybridized carbons (Fsp3) is 0.857. The second-order valence-corrected chi connectivity index (χ2v) is 6.97. The van der Waals surface area contributed by atoms with Crippen molar-refractivity contribution in [1.82, 2.24) is 4.90 Å². The minimum Gasteiger partial charge on any atom is -0.480 e. The van der Waals surface area contributed by atoms with Gasteiger partial charge in [0.15, 0.2) is 0 Å². The number of nitrogens with two attached hydrogens (primary N) is 1. The number of aliphatic carboxylic acids is 1. The third kappa shape index (κ3) is 3.06. The Morgan fingerprint density at radius 3 is 2.45 bits per heavy atom. The summed E-state index contributed by atoms with van der Waals surface area (Å²) in [6, 6.07) is -0.840. The molecule has 2 fully saturated rings. The first kappa shape index (κ1) is 15.1. The van der Waals surface area contributed by atoms with Gasteiger partial charge < -0.3 is 20.5 Å². The number of hydrogen-bond acceptors (Lipinski definition) is 4. The van der Waals surface area contributed by atoms with E-state index < -0.39 is 17.6 Å². The molecule has 2 aliphatic rings. The largest absolute Gasteiger partial charge is 0.480 e. The van der Waals surface area contributed by atoms with E-state index in [-0.39, 0.29) is 17.6 Å². The summed E-state index contributed by atoms with van der Waals surface area (Å²) in [6.07, 6.45) is 2.82. The Hall–Kier alpha value is -1.30. The molecule has 0 aromatic heterocycles. The molecule has 6 nitrogen and oxygen atoms in total. The minimum atomic E-state index is -0.962. The monoisotopic (exact) mass is 284 g/mol. The molecule has 20 heavy (non-hydrogen) atoms. The number of likely N-dealkylation sites (tertiary alicyclic amines) is 1. The minimum absolute atomic E-state index is 0.0614. The van der Waals surface area contributed by atoms with Crippen LogP contribution in [0.5, 0.6) is 0 Å². The van der Waals surface area contributed by atoms with Crippen molar-refractivity contribution in [1.29, 1.82) is 0 Å². The predicted molar refractivity (Wildman–Crippen MR) is 73.2 cm³/mol. The molecule has 1 unspecified atom stereocenters. The van der Waals surface area contributed by atoms with E-state index in [0.29, 0.717) is 19.4 Å². The lowest BCUT2D eigenvalue weighted by molar-refractivity contribution is -0.140. The van der Waals surface area contributed by atoms with Crippen LogP contribution in [0.15, 0.2) is 0 Å². The van der Waals surface area contributed by atoms with Gasteiger partial charge in [0.2, 0.25) is 0 Å². The van der Waals surface area contributed by atoms with E-state index in [1.54, 1.807) is 4.90 Å². The maximum atomic E-state index is 12.2. The van der Waals surface area contributed by atoms with Crippen LogP contribution < -0.4 is 5.73 Å². The van der Waals surface area contributed by atoms with E-state index in [9.17, 15) is 9.59 Å². The number of hydrogen-bond donors (Lipinski definition) is 2. The van der Waals surface area contributed by atoms with Gasteiger partial charge in [0.1, 0.15) is 11.6 Å². The number of nitrogens with zero attached hydrogens (tertiary/aromatic N) is 1. The Balaban J connectivity index is 2.02. The first-order chi connectivity index (χ1) is 9.15. The van der Waals surface area contributed by atoms with Crippen LogP contribution in [0.1, 0.15) is 46.5 Å². The summed E-state index contributed by atoms with van der Waals surface area (Å²) in [7, 11) is 0. The van der Waals surface area contributed by atoms with Crippen LogP contribution in [0.25, 0.3) is 0 Å². The lowest BCUT2D eigenvalue weighted by Gasteiger charge is -2.41. The van der Waals surface area contributed by atoms with E-state index in [4.69, 9.17) is 15.6 Å². The number of ether oxygens (including phenoxy) is 1. The topological polar surface area (TPSA) is 92.9 Å². The van der Waals surface area contributed by atoms with Gasteiger partial charge in [0.05, 0.1) is 0 Å². The highest BCUT2D eigenvalue weighted by molar-refractivity contribution is 5.74. The molecule has 1 aliphatic carbocycles. The third-order valence-corrected chi connectivity index (χ3v) is 4.17. The number of carbonyl (C=O) groups is 2. The standard InChI is InChI=1S/C14H24N2O4/c1-13(2,3)20-12(19)16-7-4-9(10(15)11(17)18)8-14(16)5-6-14/h9-10H,4-8,15H2,1-3H3,(H,17,18)/t9?,10-/m1/s1. The number of carboxylic acids is 1. The number of amides is 1. The quantitative estimate of drug-likeness (QED) is 0.803. The second kappa shape index (κ2) is 4.91. The van der Waals surface area contributed by atoms with Gasteiger partial charge in [-0.3, -0.25) is 4.79 Å².